The van der Waals surface area contributed by atoms with Gasteiger partial charge < -0.3 is 14.6 Å². The van der Waals surface area contributed by atoms with E-state index in [-0.39, 0.29) is 0 Å². The second-order valence-corrected chi connectivity index (χ2v) is 7.09. The molecule has 0 unspecified atom stereocenters. The van der Waals surface area contributed by atoms with E-state index in [2.05, 4.69) is 43.0 Å². The summed E-state index contributed by atoms with van der Waals surface area (Å²) in [6, 6.07) is 18.4. The molecule has 0 saturated heterocycles. The summed E-state index contributed by atoms with van der Waals surface area (Å²) in [5.74, 6) is 1.33. The third kappa shape index (κ3) is 7.56. The molecule has 2 aromatic rings. The van der Waals surface area contributed by atoms with E-state index in [0.717, 1.165) is 18.8 Å². The molecule has 0 fully saturated rings. The highest BCUT2D eigenvalue weighted by Crippen LogP contribution is 2.15. The molecule has 4 nitrogen and oxygen atoms in total. The van der Waals surface area contributed by atoms with Gasteiger partial charge in [-0.1, -0.05) is 56.3 Å². The Bertz CT molecular complexity index is 613. The van der Waals surface area contributed by atoms with E-state index in [1.165, 1.54) is 11.1 Å². The first-order valence-electron chi connectivity index (χ1n) is 9.22. The molecule has 0 radical (unpaired) electrons. The highest BCUT2D eigenvalue weighted by molar-refractivity contribution is 5.27. The Morgan fingerprint density at radius 1 is 0.885 bits per heavy atom. The Morgan fingerprint density at radius 2 is 1.50 bits per heavy atom. The largest absolute Gasteiger partial charge is 0.497 e. The van der Waals surface area contributed by atoms with Crippen LogP contribution in [0.3, 0.4) is 0 Å². The van der Waals surface area contributed by atoms with Crippen molar-refractivity contribution in [3.63, 3.8) is 0 Å². The molecule has 4 heteroatoms. The number of benzene rings is 2. The molecule has 0 bridgehead atoms. The Labute approximate surface area is 157 Å². The van der Waals surface area contributed by atoms with Crippen molar-refractivity contribution in [2.24, 2.45) is 5.92 Å². The maximum atomic E-state index is 10.4. The lowest BCUT2D eigenvalue weighted by molar-refractivity contribution is 0.00554. The van der Waals surface area contributed by atoms with Crippen molar-refractivity contribution in [3.05, 3.63) is 65.7 Å². The maximum absolute atomic E-state index is 10.4. The van der Waals surface area contributed by atoms with Gasteiger partial charge in [-0.05, 0) is 29.2 Å². The van der Waals surface area contributed by atoms with Gasteiger partial charge in [-0.15, -0.1) is 0 Å². The number of nitrogens with zero attached hydrogens (tertiary/aromatic N) is 1. The van der Waals surface area contributed by atoms with Crippen molar-refractivity contribution in [3.8, 4) is 5.75 Å². The van der Waals surface area contributed by atoms with Crippen LogP contribution < -0.4 is 4.74 Å². The first-order valence-corrected chi connectivity index (χ1v) is 9.22. The summed E-state index contributed by atoms with van der Waals surface area (Å²) >= 11 is 0. The van der Waals surface area contributed by atoms with E-state index in [1.54, 1.807) is 7.11 Å². The summed E-state index contributed by atoms with van der Waals surface area (Å²) in [5.41, 5.74) is 2.42. The number of ether oxygens (including phenoxy) is 2. The Balaban J connectivity index is 1.98. The van der Waals surface area contributed by atoms with E-state index in [4.69, 9.17) is 9.47 Å². The number of rotatable bonds is 11. The normalized spacial score (nSPS) is 12.5. The molecule has 2 aromatic carbocycles. The summed E-state index contributed by atoms with van der Waals surface area (Å²) in [6.07, 6.45) is -0.504. The molecule has 0 aliphatic rings. The molecule has 0 amide bonds. The highest BCUT2D eigenvalue weighted by Gasteiger charge is 2.14. The molecule has 0 spiro atoms. The molecule has 0 aliphatic heterocycles. The third-order valence-corrected chi connectivity index (χ3v) is 4.04. The van der Waals surface area contributed by atoms with E-state index in [9.17, 15) is 5.11 Å². The first-order chi connectivity index (χ1) is 12.6. The molecule has 0 aromatic heterocycles. The molecule has 0 saturated carbocycles. The molecule has 0 heterocycles. The van der Waals surface area contributed by atoms with Crippen LogP contribution in [0.25, 0.3) is 0 Å². The zero-order valence-corrected chi connectivity index (χ0v) is 16.1. The Hall–Kier alpha value is -1.88. The SMILES string of the molecule is COc1ccc(CN(Cc2ccccc2)C[C@@H](O)COCC(C)C)cc1. The Kier molecular flexibility index (Phi) is 8.62. The van der Waals surface area contributed by atoms with E-state index in [0.29, 0.717) is 25.7 Å². The first kappa shape index (κ1) is 20.4. The van der Waals surface area contributed by atoms with Crippen molar-refractivity contribution < 1.29 is 14.6 Å². The van der Waals surface area contributed by atoms with Crippen molar-refractivity contribution in [2.45, 2.75) is 33.0 Å². The topological polar surface area (TPSA) is 41.9 Å². The zero-order chi connectivity index (χ0) is 18.8. The lowest BCUT2D eigenvalue weighted by Crippen LogP contribution is -2.34. The molecular weight excluding hydrogens is 326 g/mol. The van der Waals surface area contributed by atoms with Crippen LogP contribution in [0.2, 0.25) is 0 Å². The molecule has 2 rings (SSSR count). The fourth-order valence-corrected chi connectivity index (χ4v) is 2.81. The summed E-state index contributed by atoms with van der Waals surface area (Å²) in [6.45, 7) is 7.38. The van der Waals surface area contributed by atoms with E-state index in [1.807, 2.05) is 30.3 Å². The van der Waals surface area contributed by atoms with Crippen LogP contribution in [0, 0.1) is 5.92 Å². The van der Waals surface area contributed by atoms with Gasteiger partial charge in [-0.2, -0.15) is 0 Å². The summed E-state index contributed by atoms with van der Waals surface area (Å²) in [7, 11) is 1.67. The molecule has 0 aliphatic carbocycles. The van der Waals surface area contributed by atoms with Crippen molar-refractivity contribution >= 4 is 0 Å². The van der Waals surface area contributed by atoms with Gasteiger partial charge in [0.05, 0.1) is 19.8 Å². The van der Waals surface area contributed by atoms with Crippen molar-refractivity contribution in [1.29, 1.82) is 0 Å². The summed E-state index contributed by atoms with van der Waals surface area (Å²) in [4.78, 5) is 2.25. The van der Waals surface area contributed by atoms with Gasteiger partial charge in [0.1, 0.15) is 5.75 Å². The zero-order valence-electron chi connectivity index (χ0n) is 16.1. The van der Waals surface area contributed by atoms with Gasteiger partial charge in [-0.25, -0.2) is 0 Å². The monoisotopic (exact) mass is 357 g/mol. The van der Waals surface area contributed by atoms with Crippen molar-refractivity contribution in [2.75, 3.05) is 26.9 Å². The van der Waals surface area contributed by atoms with Crippen LogP contribution >= 0.6 is 0 Å². The van der Waals surface area contributed by atoms with Crippen LogP contribution in [0.15, 0.2) is 54.6 Å². The third-order valence-electron chi connectivity index (χ3n) is 4.04. The predicted octanol–water partition coefficient (Wildman–Crippen LogP) is 3.73. The molecule has 26 heavy (non-hydrogen) atoms. The van der Waals surface area contributed by atoms with Crippen LogP contribution in [0.5, 0.6) is 5.75 Å². The van der Waals surface area contributed by atoms with Gasteiger partial charge in [0.25, 0.3) is 0 Å². The van der Waals surface area contributed by atoms with E-state index < -0.39 is 6.10 Å². The fourth-order valence-electron chi connectivity index (χ4n) is 2.81. The summed E-state index contributed by atoms with van der Waals surface area (Å²) in [5, 5.41) is 10.4. The smallest absolute Gasteiger partial charge is 0.118 e. The summed E-state index contributed by atoms with van der Waals surface area (Å²) < 4.78 is 10.8. The quantitative estimate of drug-likeness (QED) is 0.665. The van der Waals surface area contributed by atoms with Gasteiger partial charge in [0.2, 0.25) is 0 Å². The number of aliphatic hydroxyl groups is 1. The maximum Gasteiger partial charge on any atom is 0.118 e. The van der Waals surface area contributed by atoms with Gasteiger partial charge >= 0.3 is 0 Å². The van der Waals surface area contributed by atoms with Crippen LogP contribution in [-0.4, -0.2) is 43.0 Å². The molecular formula is C22H31NO3. The number of aliphatic hydroxyl groups excluding tert-OH is 1. The minimum absolute atomic E-state index is 0.367. The van der Waals surface area contributed by atoms with Gasteiger partial charge in [0, 0.05) is 26.2 Å². The van der Waals surface area contributed by atoms with Crippen LogP contribution in [0.4, 0.5) is 0 Å². The highest BCUT2D eigenvalue weighted by atomic mass is 16.5. The molecule has 1 atom stereocenters. The average molecular weight is 357 g/mol. The van der Waals surface area contributed by atoms with E-state index >= 15 is 0 Å². The second-order valence-electron chi connectivity index (χ2n) is 7.09. The van der Waals surface area contributed by atoms with Crippen LogP contribution in [-0.2, 0) is 17.8 Å². The lowest BCUT2D eigenvalue weighted by Gasteiger charge is -2.25. The number of methoxy groups -OCH3 is 1. The minimum Gasteiger partial charge on any atom is -0.497 e. The van der Waals surface area contributed by atoms with Crippen molar-refractivity contribution in [1.82, 2.24) is 4.90 Å². The molecule has 142 valence electrons. The fraction of sp³-hybridized carbons (Fsp3) is 0.455. The standard InChI is InChI=1S/C22H31NO3/c1-18(2)16-26-17-21(24)15-23(13-19-7-5-4-6-8-19)14-20-9-11-22(25-3)12-10-20/h4-12,18,21,24H,13-17H2,1-3H3/t21-/m1/s1. The average Bonchev–Trinajstić information content (AvgIpc) is 2.63. The number of hydrogen-bond acceptors (Lipinski definition) is 4. The van der Waals surface area contributed by atoms with Gasteiger partial charge in [0.15, 0.2) is 0 Å². The lowest BCUT2D eigenvalue weighted by atomic mass is 10.1. The Morgan fingerprint density at radius 3 is 2.08 bits per heavy atom. The minimum atomic E-state index is -0.504. The second kappa shape index (κ2) is 11.0. The predicted molar refractivity (Wildman–Crippen MR) is 105 cm³/mol. The van der Waals surface area contributed by atoms with Gasteiger partial charge in [-0.3, -0.25) is 4.90 Å². The molecule has 1 N–H and O–H groups in total. The van der Waals surface area contributed by atoms with Crippen LogP contribution in [0.1, 0.15) is 25.0 Å². The number of hydrogen-bond donors (Lipinski definition) is 1.